The van der Waals surface area contributed by atoms with E-state index < -0.39 is 0 Å². The number of nitrogens with zero attached hydrogens (tertiary/aromatic N) is 3. The molecule has 1 aromatic carbocycles. The smallest absolute Gasteiger partial charge is 0.292 e. The Morgan fingerprint density at radius 1 is 1.17 bits per heavy atom. The largest absolute Gasteiger partial charge is 0.497 e. The quantitative estimate of drug-likeness (QED) is 0.738. The molecular weight excluding hydrogens is 368 g/mol. The first kappa shape index (κ1) is 19.0. The first-order chi connectivity index (χ1) is 14.1. The molecule has 7 heteroatoms. The number of amides is 2. The van der Waals surface area contributed by atoms with Gasteiger partial charge >= 0.3 is 0 Å². The molecule has 2 amide bonds. The normalized spacial score (nSPS) is 16.6. The van der Waals surface area contributed by atoms with Gasteiger partial charge in [-0.3, -0.25) is 14.0 Å². The zero-order valence-corrected chi connectivity index (χ0v) is 16.6. The fourth-order valence-corrected chi connectivity index (χ4v) is 3.74. The van der Waals surface area contributed by atoms with Gasteiger partial charge in [-0.1, -0.05) is 13.0 Å². The molecule has 4 rings (SSSR count). The number of benzene rings is 1. The maximum atomic E-state index is 13.1. The minimum atomic E-state index is -0.373. The zero-order chi connectivity index (χ0) is 20.4. The molecule has 0 spiro atoms. The third-order valence-corrected chi connectivity index (χ3v) is 5.25. The van der Waals surface area contributed by atoms with E-state index in [2.05, 4.69) is 17.2 Å². The average Bonchev–Trinajstić information content (AvgIpc) is 3.13. The number of likely N-dealkylation sites (tertiary alicyclic amines) is 1. The Labute approximate surface area is 169 Å². The number of anilines is 1. The van der Waals surface area contributed by atoms with Crippen LogP contribution in [0.4, 0.5) is 5.69 Å². The van der Waals surface area contributed by atoms with Gasteiger partial charge in [-0.15, -0.1) is 0 Å². The van der Waals surface area contributed by atoms with Crippen molar-refractivity contribution < 1.29 is 14.3 Å². The average molecular weight is 392 g/mol. The first-order valence-corrected chi connectivity index (χ1v) is 9.78. The summed E-state index contributed by atoms with van der Waals surface area (Å²) in [6.45, 7) is 3.60. The summed E-state index contributed by atoms with van der Waals surface area (Å²) in [5.41, 5.74) is 1.58. The van der Waals surface area contributed by atoms with Crippen LogP contribution in [0.15, 0.2) is 48.7 Å². The van der Waals surface area contributed by atoms with Crippen molar-refractivity contribution in [2.24, 2.45) is 5.92 Å². The van der Waals surface area contributed by atoms with E-state index in [4.69, 9.17) is 4.74 Å². The Kier molecular flexibility index (Phi) is 5.20. The van der Waals surface area contributed by atoms with Gasteiger partial charge in [0.25, 0.3) is 11.8 Å². The Hall–Kier alpha value is -3.35. The first-order valence-electron chi connectivity index (χ1n) is 9.78. The van der Waals surface area contributed by atoms with E-state index in [9.17, 15) is 9.59 Å². The number of hydrogen-bond donors (Lipinski definition) is 1. The molecule has 3 heterocycles. The number of imidazole rings is 1. The molecule has 1 saturated heterocycles. The molecule has 29 heavy (non-hydrogen) atoms. The maximum absolute atomic E-state index is 13.1. The summed E-state index contributed by atoms with van der Waals surface area (Å²) in [7, 11) is 1.59. The number of rotatable bonds is 4. The molecule has 1 fully saturated rings. The lowest BCUT2D eigenvalue weighted by Gasteiger charge is -2.30. The molecule has 0 radical (unpaired) electrons. The van der Waals surface area contributed by atoms with Gasteiger partial charge in [0.15, 0.2) is 5.69 Å². The molecule has 1 aliphatic heterocycles. The molecular formula is C22H24N4O3. The molecule has 1 aliphatic rings. The van der Waals surface area contributed by atoms with Crippen molar-refractivity contribution in [2.45, 2.75) is 19.8 Å². The third kappa shape index (κ3) is 3.81. The van der Waals surface area contributed by atoms with Crippen molar-refractivity contribution in [3.8, 4) is 5.75 Å². The number of methoxy groups -OCH3 is 1. The van der Waals surface area contributed by atoms with Crippen LogP contribution in [0.5, 0.6) is 5.75 Å². The minimum Gasteiger partial charge on any atom is -0.497 e. The number of nitrogens with one attached hydrogen (secondary N) is 1. The number of fused-ring (bicyclic) bond motifs is 1. The van der Waals surface area contributed by atoms with Gasteiger partial charge < -0.3 is 15.0 Å². The summed E-state index contributed by atoms with van der Waals surface area (Å²) in [6.07, 6.45) is 3.87. The van der Waals surface area contributed by atoms with Crippen LogP contribution >= 0.6 is 0 Å². The van der Waals surface area contributed by atoms with Gasteiger partial charge in [0.05, 0.1) is 12.6 Å². The van der Waals surface area contributed by atoms with E-state index in [1.54, 1.807) is 42.0 Å². The van der Waals surface area contributed by atoms with Crippen LogP contribution in [0, 0.1) is 5.92 Å². The Morgan fingerprint density at radius 3 is 2.69 bits per heavy atom. The van der Waals surface area contributed by atoms with E-state index >= 15 is 0 Å². The van der Waals surface area contributed by atoms with Crippen molar-refractivity contribution in [3.63, 3.8) is 0 Å². The molecule has 1 N–H and O–H groups in total. The van der Waals surface area contributed by atoms with Crippen molar-refractivity contribution >= 4 is 23.0 Å². The van der Waals surface area contributed by atoms with E-state index in [0.717, 1.165) is 25.9 Å². The number of aromatic nitrogens is 2. The fourth-order valence-electron chi connectivity index (χ4n) is 3.74. The number of carbonyl (C=O) groups excluding carboxylic acids is 2. The Balaban J connectivity index is 1.64. The van der Waals surface area contributed by atoms with Gasteiger partial charge in [0.1, 0.15) is 5.75 Å². The summed E-state index contributed by atoms with van der Waals surface area (Å²) in [5.74, 6) is 0.869. The van der Waals surface area contributed by atoms with Crippen LogP contribution in [0.1, 0.15) is 40.9 Å². The highest BCUT2D eigenvalue weighted by atomic mass is 16.5. The predicted octanol–water partition coefficient (Wildman–Crippen LogP) is 3.47. The van der Waals surface area contributed by atoms with Gasteiger partial charge in [-0.25, -0.2) is 4.98 Å². The molecule has 7 nitrogen and oxygen atoms in total. The molecule has 0 bridgehead atoms. The summed E-state index contributed by atoms with van der Waals surface area (Å²) in [4.78, 5) is 32.3. The molecule has 0 aliphatic carbocycles. The Bertz CT molecular complexity index is 1040. The maximum Gasteiger partial charge on any atom is 0.292 e. The second-order valence-electron chi connectivity index (χ2n) is 7.42. The Morgan fingerprint density at radius 2 is 1.97 bits per heavy atom. The van der Waals surface area contributed by atoms with Crippen molar-refractivity contribution in [1.29, 1.82) is 0 Å². The molecule has 0 saturated carbocycles. The van der Waals surface area contributed by atoms with Crippen molar-refractivity contribution in [2.75, 3.05) is 25.5 Å². The van der Waals surface area contributed by atoms with Gasteiger partial charge in [-0.2, -0.15) is 0 Å². The summed E-state index contributed by atoms with van der Waals surface area (Å²) < 4.78 is 6.81. The van der Waals surface area contributed by atoms with Crippen LogP contribution < -0.4 is 10.1 Å². The van der Waals surface area contributed by atoms with Gasteiger partial charge in [0.2, 0.25) is 5.82 Å². The summed E-state index contributed by atoms with van der Waals surface area (Å²) in [5, 5.41) is 2.84. The number of carbonyl (C=O) groups is 2. The number of piperidine rings is 1. The highest BCUT2D eigenvalue weighted by Crippen LogP contribution is 2.22. The molecule has 3 aromatic rings. The SMILES string of the molecule is COc1ccc(NC(=O)c2nc(C(=O)N3CCCC(C)C3)c3ccccn23)cc1. The molecule has 150 valence electrons. The van der Waals surface area contributed by atoms with Crippen LogP contribution in [0.3, 0.4) is 0 Å². The molecule has 1 unspecified atom stereocenters. The van der Waals surface area contributed by atoms with E-state index in [0.29, 0.717) is 28.6 Å². The van der Waals surface area contributed by atoms with Gasteiger partial charge in [-0.05, 0) is 55.2 Å². The summed E-state index contributed by atoms with van der Waals surface area (Å²) in [6, 6.07) is 12.5. The predicted molar refractivity (Wildman–Crippen MR) is 110 cm³/mol. The van der Waals surface area contributed by atoms with Gasteiger partial charge in [0, 0.05) is 25.0 Å². The lowest BCUT2D eigenvalue weighted by atomic mass is 10.00. The van der Waals surface area contributed by atoms with E-state index in [1.807, 2.05) is 23.1 Å². The highest BCUT2D eigenvalue weighted by molar-refractivity contribution is 6.06. The minimum absolute atomic E-state index is 0.122. The number of pyridine rings is 1. The number of hydrogen-bond acceptors (Lipinski definition) is 4. The lowest BCUT2D eigenvalue weighted by molar-refractivity contribution is 0.0679. The highest BCUT2D eigenvalue weighted by Gasteiger charge is 2.27. The van der Waals surface area contributed by atoms with Crippen molar-refractivity contribution in [3.05, 3.63) is 60.2 Å². The summed E-state index contributed by atoms with van der Waals surface area (Å²) >= 11 is 0. The van der Waals surface area contributed by atoms with Crippen LogP contribution in [0.2, 0.25) is 0 Å². The van der Waals surface area contributed by atoms with E-state index in [1.165, 1.54) is 0 Å². The van der Waals surface area contributed by atoms with Crippen molar-refractivity contribution in [1.82, 2.24) is 14.3 Å². The van der Waals surface area contributed by atoms with Crippen LogP contribution in [0.25, 0.3) is 5.52 Å². The molecule has 1 atom stereocenters. The lowest BCUT2D eigenvalue weighted by Crippen LogP contribution is -2.39. The van der Waals surface area contributed by atoms with E-state index in [-0.39, 0.29) is 17.6 Å². The van der Waals surface area contributed by atoms with Crippen LogP contribution in [-0.2, 0) is 0 Å². The second kappa shape index (κ2) is 7.95. The second-order valence-corrected chi connectivity index (χ2v) is 7.42. The number of ether oxygens (including phenoxy) is 1. The standard InChI is InChI=1S/C22H24N4O3/c1-15-6-5-12-25(14-15)22(28)19-18-7-3-4-13-26(18)20(24-19)21(27)23-16-8-10-17(29-2)11-9-16/h3-4,7-11,13,15H,5-6,12,14H2,1-2H3,(H,23,27). The topological polar surface area (TPSA) is 75.9 Å². The zero-order valence-electron chi connectivity index (χ0n) is 16.6. The third-order valence-electron chi connectivity index (χ3n) is 5.25. The van der Waals surface area contributed by atoms with Crippen LogP contribution in [-0.4, -0.2) is 46.3 Å². The monoisotopic (exact) mass is 392 g/mol. The fraction of sp³-hybridized carbons (Fsp3) is 0.318. The molecule has 2 aromatic heterocycles.